The van der Waals surface area contributed by atoms with Crippen LogP contribution in [0.1, 0.15) is 33.6 Å². The molecule has 0 radical (unpaired) electrons. The molecule has 0 aliphatic carbocycles. The third-order valence-corrected chi connectivity index (χ3v) is 3.91. The van der Waals surface area contributed by atoms with E-state index >= 15 is 0 Å². The van der Waals surface area contributed by atoms with Gasteiger partial charge in [-0.25, -0.2) is 0 Å². The summed E-state index contributed by atoms with van der Waals surface area (Å²) in [5.74, 6) is 0.820. The van der Waals surface area contributed by atoms with Crippen LogP contribution in [-0.4, -0.2) is 20.6 Å². The second-order valence-electron chi connectivity index (χ2n) is 6.07. The van der Waals surface area contributed by atoms with Gasteiger partial charge in [0.2, 0.25) is 11.7 Å². The van der Waals surface area contributed by atoms with Gasteiger partial charge in [0.05, 0.1) is 10.3 Å². The summed E-state index contributed by atoms with van der Waals surface area (Å²) >= 11 is 0. The quantitative estimate of drug-likeness (QED) is 0.685. The summed E-state index contributed by atoms with van der Waals surface area (Å²) < 4.78 is 5.31. The van der Waals surface area contributed by atoms with Gasteiger partial charge in [0.1, 0.15) is 0 Å². The topological polar surface area (TPSA) is 108 Å². The molecule has 0 amide bonds. The Kier molecular flexibility index (Phi) is 3.54. The Hall–Kier alpha value is -2.28. The molecule has 0 unspecified atom stereocenters. The number of aromatic nitrogens is 2. The first kappa shape index (κ1) is 15.1. The van der Waals surface area contributed by atoms with Crippen molar-refractivity contribution in [3.8, 4) is 11.4 Å². The second kappa shape index (κ2) is 4.92. The smallest absolute Gasteiger partial charge is 0.269 e. The van der Waals surface area contributed by atoms with E-state index in [-0.39, 0.29) is 5.69 Å². The van der Waals surface area contributed by atoms with Gasteiger partial charge >= 0.3 is 0 Å². The van der Waals surface area contributed by atoms with E-state index in [2.05, 4.69) is 10.1 Å². The lowest BCUT2D eigenvalue weighted by Crippen LogP contribution is -2.50. The van der Waals surface area contributed by atoms with Crippen LogP contribution in [0.15, 0.2) is 28.8 Å². The molecule has 1 heterocycles. The highest BCUT2D eigenvalue weighted by Gasteiger charge is 2.40. The Bertz CT molecular complexity index is 654. The average molecular weight is 290 g/mol. The third kappa shape index (κ3) is 2.78. The summed E-state index contributed by atoms with van der Waals surface area (Å²) in [5, 5.41) is 14.6. The van der Waals surface area contributed by atoms with Gasteiger partial charge in [-0.05, 0) is 39.8 Å². The van der Waals surface area contributed by atoms with Crippen LogP contribution in [0.25, 0.3) is 11.4 Å². The van der Waals surface area contributed by atoms with E-state index in [0.717, 1.165) is 0 Å². The van der Waals surface area contributed by atoms with E-state index in [1.165, 1.54) is 12.1 Å². The minimum atomic E-state index is -0.535. The fourth-order valence-electron chi connectivity index (χ4n) is 1.60. The maximum absolute atomic E-state index is 10.6. The molecule has 21 heavy (non-hydrogen) atoms. The lowest BCUT2D eigenvalue weighted by molar-refractivity contribution is -0.384. The zero-order chi connectivity index (χ0) is 15.8. The molecule has 2 rings (SSSR count). The number of hydrogen-bond acceptors (Lipinski definition) is 6. The number of nitrogens with zero attached hydrogens (tertiary/aromatic N) is 3. The van der Waals surface area contributed by atoms with Gasteiger partial charge in [0, 0.05) is 23.2 Å². The van der Waals surface area contributed by atoms with Gasteiger partial charge in [0.15, 0.2) is 0 Å². The summed E-state index contributed by atoms with van der Waals surface area (Å²) in [6.07, 6.45) is 0. The largest absolute Gasteiger partial charge is 0.338 e. The van der Waals surface area contributed by atoms with Crippen molar-refractivity contribution < 1.29 is 9.45 Å². The van der Waals surface area contributed by atoms with Crippen LogP contribution in [0.4, 0.5) is 5.69 Å². The van der Waals surface area contributed by atoms with Crippen molar-refractivity contribution in [1.82, 2.24) is 10.1 Å². The number of nitrogens with two attached hydrogens (primary N) is 1. The Morgan fingerprint density at radius 2 is 1.76 bits per heavy atom. The molecule has 0 aliphatic rings. The van der Waals surface area contributed by atoms with Crippen LogP contribution in [0.2, 0.25) is 0 Å². The normalized spacial score (nSPS) is 12.4. The fraction of sp³-hybridized carbons (Fsp3) is 0.429. The average Bonchev–Trinajstić information content (AvgIpc) is 2.87. The zero-order valence-electron chi connectivity index (χ0n) is 12.5. The molecule has 0 saturated carbocycles. The monoisotopic (exact) mass is 290 g/mol. The molecule has 0 fully saturated rings. The van der Waals surface area contributed by atoms with Gasteiger partial charge < -0.3 is 10.3 Å². The summed E-state index contributed by atoms with van der Waals surface area (Å²) in [6, 6.07) is 5.99. The first-order valence-electron chi connectivity index (χ1n) is 6.51. The highest BCUT2D eigenvalue weighted by atomic mass is 16.6. The van der Waals surface area contributed by atoms with E-state index in [9.17, 15) is 10.1 Å². The van der Waals surface area contributed by atoms with Crippen LogP contribution in [0.3, 0.4) is 0 Å². The minimum absolute atomic E-state index is 0.0193. The number of non-ortho nitro benzene ring substituents is 1. The molecule has 0 saturated heterocycles. The summed E-state index contributed by atoms with van der Waals surface area (Å²) in [6.45, 7) is 7.64. The molecule has 0 bridgehead atoms. The van der Waals surface area contributed by atoms with E-state index in [0.29, 0.717) is 17.3 Å². The predicted octanol–water partition coefficient (Wildman–Crippen LogP) is 2.66. The molecule has 112 valence electrons. The Balaban J connectivity index is 2.34. The van der Waals surface area contributed by atoms with Crippen molar-refractivity contribution in [3.05, 3.63) is 40.3 Å². The van der Waals surface area contributed by atoms with Gasteiger partial charge in [0.25, 0.3) is 5.69 Å². The van der Waals surface area contributed by atoms with E-state index in [4.69, 9.17) is 10.3 Å². The third-order valence-electron chi connectivity index (χ3n) is 3.91. The molecule has 2 N–H and O–H groups in total. The molecule has 0 aliphatic heterocycles. The predicted molar refractivity (Wildman–Crippen MR) is 77.7 cm³/mol. The summed E-state index contributed by atoms with van der Waals surface area (Å²) in [4.78, 5) is 14.5. The SMILES string of the molecule is CC(C)(N)C(C)(C)c1nc(-c2ccc([N+](=O)[O-])cc2)no1. The summed E-state index contributed by atoms with van der Waals surface area (Å²) in [7, 11) is 0. The molecule has 0 spiro atoms. The van der Waals surface area contributed by atoms with Crippen LogP contribution < -0.4 is 5.73 Å². The highest BCUT2D eigenvalue weighted by molar-refractivity contribution is 5.56. The maximum atomic E-state index is 10.6. The molecule has 1 aromatic heterocycles. The van der Waals surface area contributed by atoms with Crippen molar-refractivity contribution in [2.75, 3.05) is 0 Å². The first-order chi connectivity index (χ1) is 9.63. The van der Waals surface area contributed by atoms with Gasteiger partial charge in [-0.15, -0.1) is 0 Å². The van der Waals surface area contributed by atoms with Crippen molar-refractivity contribution in [3.63, 3.8) is 0 Å². The Labute approximate surface area is 122 Å². The van der Waals surface area contributed by atoms with Gasteiger partial charge in [-0.3, -0.25) is 10.1 Å². The molecular weight excluding hydrogens is 272 g/mol. The Morgan fingerprint density at radius 3 is 2.24 bits per heavy atom. The number of nitro groups is 1. The summed E-state index contributed by atoms with van der Waals surface area (Å²) in [5.41, 5.74) is 5.78. The van der Waals surface area contributed by atoms with Crippen LogP contribution in [-0.2, 0) is 5.41 Å². The van der Waals surface area contributed by atoms with Crippen molar-refractivity contribution in [2.45, 2.75) is 38.6 Å². The molecule has 0 atom stereocenters. The highest BCUT2D eigenvalue weighted by Crippen LogP contribution is 2.33. The van der Waals surface area contributed by atoms with E-state index in [1.54, 1.807) is 12.1 Å². The van der Waals surface area contributed by atoms with Crippen molar-refractivity contribution >= 4 is 5.69 Å². The molecule has 1 aromatic carbocycles. The lowest BCUT2D eigenvalue weighted by atomic mass is 9.75. The standard InChI is InChI=1S/C14H18N4O3/c1-13(2,14(3,4)15)12-16-11(17-21-12)9-5-7-10(8-6-9)18(19)20/h5-8H,15H2,1-4H3. The molecule has 7 nitrogen and oxygen atoms in total. The minimum Gasteiger partial charge on any atom is -0.338 e. The molecular formula is C14H18N4O3. The fourth-order valence-corrected chi connectivity index (χ4v) is 1.60. The van der Waals surface area contributed by atoms with Crippen LogP contribution in [0.5, 0.6) is 0 Å². The van der Waals surface area contributed by atoms with Crippen molar-refractivity contribution in [1.29, 1.82) is 0 Å². The van der Waals surface area contributed by atoms with Crippen molar-refractivity contribution in [2.24, 2.45) is 5.73 Å². The maximum Gasteiger partial charge on any atom is 0.269 e. The number of nitro benzene ring substituents is 1. The molecule has 7 heteroatoms. The van der Waals surface area contributed by atoms with Gasteiger partial charge in [-0.2, -0.15) is 4.98 Å². The molecule has 2 aromatic rings. The lowest BCUT2D eigenvalue weighted by Gasteiger charge is -2.34. The second-order valence-corrected chi connectivity index (χ2v) is 6.07. The number of benzene rings is 1. The zero-order valence-corrected chi connectivity index (χ0v) is 12.5. The van der Waals surface area contributed by atoms with E-state index < -0.39 is 15.9 Å². The van der Waals surface area contributed by atoms with Crippen LogP contribution >= 0.6 is 0 Å². The van der Waals surface area contributed by atoms with Crippen LogP contribution in [0, 0.1) is 10.1 Å². The van der Waals surface area contributed by atoms with E-state index in [1.807, 2.05) is 27.7 Å². The first-order valence-corrected chi connectivity index (χ1v) is 6.51. The van der Waals surface area contributed by atoms with Gasteiger partial charge in [-0.1, -0.05) is 5.16 Å². The number of rotatable bonds is 4. The number of hydrogen-bond donors (Lipinski definition) is 1. The Morgan fingerprint density at radius 1 is 1.19 bits per heavy atom.